The van der Waals surface area contributed by atoms with Crippen LogP contribution in [0.3, 0.4) is 0 Å². The van der Waals surface area contributed by atoms with Crippen molar-refractivity contribution in [3.63, 3.8) is 0 Å². The lowest BCUT2D eigenvalue weighted by atomic mass is 9.91. The van der Waals surface area contributed by atoms with Gasteiger partial charge >= 0.3 is 0 Å². The van der Waals surface area contributed by atoms with Gasteiger partial charge in [-0.2, -0.15) is 0 Å². The van der Waals surface area contributed by atoms with Gasteiger partial charge < -0.3 is 4.84 Å². The Morgan fingerprint density at radius 1 is 1.28 bits per heavy atom. The number of amidine groups is 1. The van der Waals surface area contributed by atoms with Gasteiger partial charge in [0.2, 0.25) is 0 Å². The van der Waals surface area contributed by atoms with Crippen LogP contribution in [0, 0.1) is 0 Å². The van der Waals surface area contributed by atoms with E-state index in [9.17, 15) is 0 Å². The van der Waals surface area contributed by atoms with E-state index < -0.39 is 5.06 Å². The van der Waals surface area contributed by atoms with Gasteiger partial charge in [-0.1, -0.05) is 83.6 Å². The van der Waals surface area contributed by atoms with Gasteiger partial charge in [-0.25, -0.2) is 0 Å². The highest BCUT2D eigenvalue weighted by Gasteiger charge is 2.60. The number of azide groups is 1. The molecule has 0 amide bonds. The second kappa shape index (κ2) is 6.35. The molecule has 1 saturated heterocycles. The van der Waals surface area contributed by atoms with Gasteiger partial charge in [0.15, 0.2) is 5.84 Å². The zero-order valence-electron chi connectivity index (χ0n) is 13.7. The van der Waals surface area contributed by atoms with Gasteiger partial charge in [0.1, 0.15) is 0 Å². The molecule has 126 valence electrons. The topological polar surface area (TPSA) is 73.6 Å². The van der Waals surface area contributed by atoms with Gasteiger partial charge in [0, 0.05) is 22.6 Å². The summed E-state index contributed by atoms with van der Waals surface area (Å²) in [5, 5.41) is 7.73. The van der Waals surface area contributed by atoms with Crippen LogP contribution in [0.4, 0.5) is 5.69 Å². The van der Waals surface area contributed by atoms with Crippen molar-refractivity contribution in [2.24, 2.45) is 10.3 Å². The molecule has 0 N–H and O–H groups in total. The Balaban J connectivity index is 1.75. The minimum atomic E-state index is -0.464. The van der Waals surface area contributed by atoms with Crippen molar-refractivity contribution >= 4 is 23.3 Å². The zero-order valence-corrected chi connectivity index (χ0v) is 14.6. The van der Waals surface area contributed by atoms with E-state index in [0.717, 1.165) is 23.6 Å². The smallest absolute Gasteiger partial charge is 0.261 e. The summed E-state index contributed by atoms with van der Waals surface area (Å²) in [4.78, 5) is 11.0. The molecular weight excluding hydrogens is 334 g/mol. The SMILES string of the molecule is CCS[C@]12C[C@H](c3ccccc3)N1C(c1ccccc1N=[N+]=[N-])=NO2. The van der Waals surface area contributed by atoms with E-state index in [-0.39, 0.29) is 6.04 Å². The summed E-state index contributed by atoms with van der Waals surface area (Å²) in [6, 6.07) is 18.0. The molecule has 6 nitrogen and oxygen atoms in total. The highest BCUT2D eigenvalue weighted by Crippen LogP contribution is 2.57. The molecule has 0 spiro atoms. The number of nitrogens with zero attached hydrogens (tertiary/aromatic N) is 5. The van der Waals surface area contributed by atoms with Gasteiger partial charge in [-0.3, -0.25) is 4.90 Å². The molecule has 0 aromatic heterocycles. The summed E-state index contributed by atoms with van der Waals surface area (Å²) in [7, 11) is 0. The standard InChI is InChI=1S/C18H17N5OS/c1-2-25-18-12-16(13-8-4-3-5-9-13)23(18)17(21-24-18)14-10-6-7-11-15(14)20-22-19/h3-11,16H,2,12H2,1H3/t16-,18-/m1/s1. The Labute approximate surface area is 150 Å². The predicted molar refractivity (Wildman–Crippen MR) is 99.4 cm³/mol. The number of thioether (sulfide) groups is 1. The Kier molecular flexibility index (Phi) is 4.03. The first kappa shape index (κ1) is 15.9. The molecule has 2 atom stereocenters. The van der Waals surface area contributed by atoms with E-state index in [1.165, 1.54) is 5.56 Å². The molecule has 0 aliphatic carbocycles. The lowest BCUT2D eigenvalue weighted by Gasteiger charge is -2.52. The maximum absolute atomic E-state index is 8.85. The van der Waals surface area contributed by atoms with Crippen molar-refractivity contribution in [1.82, 2.24) is 4.90 Å². The fraction of sp³-hybridized carbons (Fsp3) is 0.278. The monoisotopic (exact) mass is 351 g/mol. The summed E-state index contributed by atoms with van der Waals surface area (Å²) in [5.41, 5.74) is 11.4. The lowest BCUT2D eigenvalue weighted by Crippen LogP contribution is -2.59. The number of hydrogen-bond acceptors (Lipinski definition) is 5. The second-order valence-corrected chi connectivity index (χ2v) is 7.36. The van der Waals surface area contributed by atoms with E-state index in [4.69, 9.17) is 10.4 Å². The van der Waals surface area contributed by atoms with E-state index in [1.807, 2.05) is 36.4 Å². The Morgan fingerprint density at radius 2 is 2.04 bits per heavy atom. The molecule has 2 aliphatic heterocycles. The average molecular weight is 351 g/mol. The minimum absolute atomic E-state index is 0.195. The van der Waals surface area contributed by atoms with Crippen molar-refractivity contribution in [2.75, 3.05) is 5.75 Å². The first-order valence-electron chi connectivity index (χ1n) is 8.18. The maximum atomic E-state index is 8.85. The third-order valence-electron chi connectivity index (χ3n) is 4.48. The molecule has 25 heavy (non-hydrogen) atoms. The first-order chi connectivity index (χ1) is 12.3. The van der Waals surface area contributed by atoms with Crippen LogP contribution >= 0.6 is 11.8 Å². The molecule has 0 saturated carbocycles. The Hall–Kier alpha value is -2.63. The van der Waals surface area contributed by atoms with Gasteiger partial charge in [-0.05, 0) is 16.8 Å². The van der Waals surface area contributed by atoms with Crippen LogP contribution in [0.2, 0.25) is 0 Å². The molecule has 2 aromatic carbocycles. The van der Waals surface area contributed by atoms with Crippen molar-refractivity contribution in [1.29, 1.82) is 0 Å². The highest BCUT2D eigenvalue weighted by molar-refractivity contribution is 8.00. The average Bonchev–Trinajstić information content (AvgIpc) is 2.90. The lowest BCUT2D eigenvalue weighted by molar-refractivity contribution is -0.118. The molecule has 2 aromatic rings. The summed E-state index contributed by atoms with van der Waals surface area (Å²) < 4.78 is 0. The van der Waals surface area contributed by atoms with Crippen molar-refractivity contribution < 1.29 is 4.84 Å². The third kappa shape index (κ3) is 2.52. The largest absolute Gasteiger partial charge is 0.353 e. The van der Waals surface area contributed by atoms with Crippen molar-refractivity contribution in [3.8, 4) is 0 Å². The number of benzene rings is 2. The number of oxime groups is 1. The van der Waals surface area contributed by atoms with Gasteiger partial charge in [-0.15, -0.1) is 0 Å². The quantitative estimate of drug-likeness (QED) is 0.423. The first-order valence-corrected chi connectivity index (χ1v) is 9.16. The Bertz CT molecular complexity index is 865. The predicted octanol–water partition coefficient (Wildman–Crippen LogP) is 5.17. The number of fused-ring (bicyclic) bond motifs is 1. The molecule has 4 rings (SSSR count). The number of hydrogen-bond donors (Lipinski definition) is 0. The number of rotatable bonds is 5. The van der Waals surface area contributed by atoms with E-state index >= 15 is 0 Å². The van der Waals surface area contributed by atoms with Crippen LogP contribution in [-0.4, -0.2) is 21.5 Å². The molecule has 0 bridgehead atoms. The molecule has 1 fully saturated rings. The summed E-state index contributed by atoms with van der Waals surface area (Å²) in [6.07, 6.45) is 0.867. The fourth-order valence-corrected chi connectivity index (χ4v) is 4.58. The molecule has 0 radical (unpaired) electrons. The highest BCUT2D eigenvalue weighted by atomic mass is 32.2. The molecule has 0 unspecified atom stereocenters. The molecule has 2 heterocycles. The summed E-state index contributed by atoms with van der Waals surface area (Å²) >= 11 is 1.74. The van der Waals surface area contributed by atoms with Crippen LogP contribution < -0.4 is 0 Å². The third-order valence-corrected chi connectivity index (χ3v) is 5.66. The second-order valence-electron chi connectivity index (χ2n) is 5.86. The fourth-order valence-electron chi connectivity index (χ4n) is 3.41. The van der Waals surface area contributed by atoms with E-state index in [1.54, 1.807) is 17.8 Å². The summed E-state index contributed by atoms with van der Waals surface area (Å²) in [6.45, 7) is 2.11. The van der Waals surface area contributed by atoms with Crippen LogP contribution in [0.5, 0.6) is 0 Å². The molecule has 2 aliphatic rings. The van der Waals surface area contributed by atoms with Gasteiger partial charge in [0.25, 0.3) is 5.06 Å². The Morgan fingerprint density at radius 3 is 2.80 bits per heavy atom. The van der Waals surface area contributed by atoms with Crippen LogP contribution in [-0.2, 0) is 4.84 Å². The van der Waals surface area contributed by atoms with Crippen molar-refractivity contribution in [3.05, 3.63) is 76.2 Å². The van der Waals surface area contributed by atoms with E-state index in [2.05, 4.69) is 39.1 Å². The maximum Gasteiger partial charge on any atom is 0.261 e. The van der Waals surface area contributed by atoms with Crippen molar-refractivity contribution in [2.45, 2.75) is 24.4 Å². The summed E-state index contributed by atoms with van der Waals surface area (Å²) in [5.74, 6) is 1.66. The normalized spacial score (nSPS) is 23.8. The van der Waals surface area contributed by atoms with Gasteiger partial charge in [0.05, 0.1) is 6.04 Å². The van der Waals surface area contributed by atoms with E-state index in [0.29, 0.717) is 5.69 Å². The molecule has 7 heteroatoms. The van der Waals surface area contributed by atoms with Crippen LogP contribution in [0.1, 0.15) is 30.5 Å². The minimum Gasteiger partial charge on any atom is -0.353 e. The van der Waals surface area contributed by atoms with Crippen LogP contribution in [0.15, 0.2) is 64.9 Å². The molecular formula is C18H17N5OS. The van der Waals surface area contributed by atoms with Crippen LogP contribution in [0.25, 0.3) is 10.4 Å². The zero-order chi connectivity index (χ0) is 17.3.